The molecular formula is C7H13NO6. The lowest BCUT2D eigenvalue weighted by molar-refractivity contribution is -0.153. The zero-order valence-electron chi connectivity index (χ0n) is 7.62. The third-order valence-corrected chi connectivity index (χ3v) is 1.94. The van der Waals surface area contributed by atoms with E-state index in [1.165, 1.54) is 7.11 Å². The minimum atomic E-state index is -1.15. The molecule has 1 fully saturated rings. The predicted octanol–water partition coefficient (Wildman–Crippen LogP) is -1.83. The number of aliphatic hydroxyl groups excluding tert-OH is 2. The molecular weight excluding hydrogens is 194 g/mol. The van der Waals surface area contributed by atoms with E-state index in [4.69, 9.17) is 15.2 Å². The highest BCUT2D eigenvalue weighted by atomic mass is 16.7. The summed E-state index contributed by atoms with van der Waals surface area (Å²) in [6.45, 7) is -0.215. The van der Waals surface area contributed by atoms with E-state index in [0.717, 1.165) is 0 Å². The summed E-state index contributed by atoms with van der Waals surface area (Å²) < 4.78 is 14.2. The quantitative estimate of drug-likeness (QED) is 0.502. The lowest BCUT2D eigenvalue weighted by atomic mass is 10.1. The zero-order chi connectivity index (χ0) is 10.7. The van der Waals surface area contributed by atoms with E-state index in [-0.39, 0.29) is 6.61 Å². The first kappa shape index (κ1) is 11.2. The van der Waals surface area contributed by atoms with Crippen molar-refractivity contribution in [2.75, 3.05) is 13.7 Å². The number of nitrogens with two attached hydrogens (primary N) is 1. The van der Waals surface area contributed by atoms with Gasteiger partial charge in [0.2, 0.25) is 0 Å². The standard InChI is InChI=1S/C7H13NO6/c1-12-6-5(10)4(9)3(14-6)2-13-7(8)11/h3-6,9-10H,2H2,1H3,(H2,8,11)/t3-,4-,5-,6-/m1/s1. The topological polar surface area (TPSA) is 111 Å². The van der Waals surface area contributed by atoms with E-state index in [2.05, 4.69) is 4.74 Å². The normalized spacial score (nSPS) is 37.1. The third kappa shape index (κ3) is 2.32. The van der Waals surface area contributed by atoms with Crippen LogP contribution in [0, 0.1) is 0 Å². The summed E-state index contributed by atoms with van der Waals surface area (Å²) in [7, 11) is 1.33. The zero-order valence-corrected chi connectivity index (χ0v) is 7.62. The second kappa shape index (κ2) is 4.56. The maximum atomic E-state index is 10.3. The average molecular weight is 207 g/mol. The van der Waals surface area contributed by atoms with Crippen LogP contribution in [-0.2, 0) is 14.2 Å². The molecule has 1 amide bonds. The fourth-order valence-corrected chi connectivity index (χ4v) is 1.21. The molecule has 0 aliphatic carbocycles. The Morgan fingerprint density at radius 3 is 2.57 bits per heavy atom. The molecule has 0 spiro atoms. The van der Waals surface area contributed by atoms with Crippen LogP contribution < -0.4 is 5.73 Å². The molecule has 7 nitrogen and oxygen atoms in total. The van der Waals surface area contributed by atoms with Crippen molar-refractivity contribution in [1.82, 2.24) is 0 Å². The Morgan fingerprint density at radius 2 is 2.14 bits per heavy atom. The number of ether oxygens (including phenoxy) is 3. The van der Waals surface area contributed by atoms with Gasteiger partial charge in [0.25, 0.3) is 0 Å². The number of hydrogen-bond acceptors (Lipinski definition) is 6. The van der Waals surface area contributed by atoms with E-state index in [1.807, 2.05) is 0 Å². The SMILES string of the molecule is CO[C@@H]1O[C@H](COC(N)=O)[C@@H](O)[C@H]1O. The van der Waals surface area contributed by atoms with E-state index >= 15 is 0 Å². The number of hydrogen-bond donors (Lipinski definition) is 3. The van der Waals surface area contributed by atoms with Gasteiger partial charge in [-0.15, -0.1) is 0 Å². The van der Waals surface area contributed by atoms with E-state index in [1.54, 1.807) is 0 Å². The summed E-state index contributed by atoms with van der Waals surface area (Å²) in [5.41, 5.74) is 4.73. The van der Waals surface area contributed by atoms with E-state index in [0.29, 0.717) is 0 Å². The van der Waals surface area contributed by atoms with Crippen LogP contribution in [0.3, 0.4) is 0 Å². The van der Waals surface area contributed by atoms with Crippen LogP contribution in [0.4, 0.5) is 4.79 Å². The number of rotatable bonds is 3. The molecule has 14 heavy (non-hydrogen) atoms. The third-order valence-electron chi connectivity index (χ3n) is 1.94. The number of amides is 1. The Labute approximate surface area is 80.4 Å². The van der Waals surface area contributed by atoms with Gasteiger partial charge < -0.3 is 30.2 Å². The first-order valence-corrected chi connectivity index (χ1v) is 4.03. The molecule has 1 saturated heterocycles. The highest BCUT2D eigenvalue weighted by molar-refractivity contribution is 5.64. The van der Waals surface area contributed by atoms with Gasteiger partial charge in [0.1, 0.15) is 24.9 Å². The Kier molecular flexibility index (Phi) is 3.64. The van der Waals surface area contributed by atoms with Crippen molar-refractivity contribution in [3.63, 3.8) is 0 Å². The van der Waals surface area contributed by atoms with Gasteiger partial charge >= 0.3 is 6.09 Å². The second-order valence-electron chi connectivity index (χ2n) is 2.89. The second-order valence-corrected chi connectivity index (χ2v) is 2.89. The molecule has 0 unspecified atom stereocenters. The highest BCUT2D eigenvalue weighted by Gasteiger charge is 2.43. The summed E-state index contributed by atoms with van der Waals surface area (Å²) in [5, 5.41) is 18.7. The maximum absolute atomic E-state index is 10.3. The molecule has 4 N–H and O–H groups in total. The number of aliphatic hydroxyl groups is 2. The Bertz CT molecular complexity index is 210. The predicted molar refractivity (Wildman–Crippen MR) is 43.2 cm³/mol. The number of methoxy groups -OCH3 is 1. The molecule has 0 bridgehead atoms. The van der Waals surface area contributed by atoms with Gasteiger partial charge in [0.15, 0.2) is 6.29 Å². The van der Waals surface area contributed by atoms with Crippen molar-refractivity contribution in [2.24, 2.45) is 5.73 Å². The first-order chi connectivity index (χ1) is 6.56. The molecule has 7 heteroatoms. The molecule has 1 rings (SSSR count). The smallest absolute Gasteiger partial charge is 0.404 e. The highest BCUT2D eigenvalue weighted by Crippen LogP contribution is 2.21. The van der Waals surface area contributed by atoms with Crippen molar-refractivity contribution in [2.45, 2.75) is 24.6 Å². The van der Waals surface area contributed by atoms with Crippen molar-refractivity contribution < 1.29 is 29.2 Å². The van der Waals surface area contributed by atoms with Crippen LogP contribution in [0.5, 0.6) is 0 Å². The fraction of sp³-hybridized carbons (Fsp3) is 0.857. The van der Waals surface area contributed by atoms with Gasteiger partial charge in [-0.05, 0) is 0 Å². The van der Waals surface area contributed by atoms with E-state index < -0.39 is 30.7 Å². The Hall–Kier alpha value is -0.890. The van der Waals surface area contributed by atoms with E-state index in [9.17, 15) is 15.0 Å². The number of carbonyl (C=O) groups is 1. The lowest BCUT2D eigenvalue weighted by Gasteiger charge is -2.12. The lowest BCUT2D eigenvalue weighted by Crippen LogP contribution is -2.35. The first-order valence-electron chi connectivity index (χ1n) is 4.03. The summed E-state index contributed by atoms with van der Waals surface area (Å²) >= 11 is 0. The molecule has 4 atom stereocenters. The van der Waals surface area contributed by atoms with Crippen LogP contribution in [0.1, 0.15) is 0 Å². The van der Waals surface area contributed by atoms with Gasteiger partial charge in [-0.25, -0.2) is 4.79 Å². The number of primary amides is 1. The van der Waals surface area contributed by atoms with Gasteiger partial charge in [-0.3, -0.25) is 0 Å². The molecule has 1 aliphatic heterocycles. The minimum absolute atomic E-state index is 0.215. The van der Waals surface area contributed by atoms with Crippen molar-refractivity contribution in [3.05, 3.63) is 0 Å². The van der Waals surface area contributed by atoms with Crippen molar-refractivity contribution >= 4 is 6.09 Å². The fourth-order valence-electron chi connectivity index (χ4n) is 1.21. The van der Waals surface area contributed by atoms with Crippen LogP contribution in [0.2, 0.25) is 0 Å². The summed E-state index contributed by atoms with van der Waals surface area (Å²) in [6.07, 6.45) is -4.99. The average Bonchev–Trinajstić information content (AvgIpc) is 2.41. The Balaban J connectivity index is 2.44. The summed E-state index contributed by atoms with van der Waals surface area (Å²) in [5.74, 6) is 0. The van der Waals surface area contributed by atoms with Gasteiger partial charge in [-0.2, -0.15) is 0 Å². The molecule has 0 radical (unpaired) electrons. The molecule has 0 aromatic carbocycles. The van der Waals surface area contributed by atoms with Crippen LogP contribution in [0.25, 0.3) is 0 Å². The monoisotopic (exact) mass is 207 g/mol. The molecule has 1 heterocycles. The van der Waals surface area contributed by atoms with Gasteiger partial charge in [0, 0.05) is 7.11 Å². The minimum Gasteiger partial charge on any atom is -0.447 e. The van der Waals surface area contributed by atoms with Gasteiger partial charge in [0.05, 0.1) is 0 Å². The van der Waals surface area contributed by atoms with Crippen LogP contribution in [0.15, 0.2) is 0 Å². The molecule has 1 aliphatic rings. The largest absolute Gasteiger partial charge is 0.447 e. The van der Waals surface area contributed by atoms with Crippen LogP contribution in [-0.4, -0.2) is 54.6 Å². The molecule has 0 saturated carbocycles. The molecule has 0 aromatic rings. The Morgan fingerprint density at radius 1 is 1.50 bits per heavy atom. The molecule has 0 aromatic heterocycles. The number of carbonyl (C=O) groups excluding carboxylic acids is 1. The summed E-state index contributed by atoms with van der Waals surface area (Å²) in [6, 6.07) is 0. The van der Waals surface area contributed by atoms with Gasteiger partial charge in [-0.1, -0.05) is 0 Å². The van der Waals surface area contributed by atoms with Crippen molar-refractivity contribution in [3.8, 4) is 0 Å². The van der Waals surface area contributed by atoms with Crippen LogP contribution >= 0.6 is 0 Å². The maximum Gasteiger partial charge on any atom is 0.404 e. The summed E-state index contributed by atoms with van der Waals surface area (Å²) in [4.78, 5) is 10.3. The molecule has 82 valence electrons. The van der Waals surface area contributed by atoms with Crippen molar-refractivity contribution in [1.29, 1.82) is 0 Å².